The number of hydrogen-bond donors (Lipinski definition) is 1. The molecule has 0 aliphatic carbocycles. The largest absolute Gasteiger partial charge is 0.492 e. The molecule has 2 heterocycles. The van der Waals surface area contributed by atoms with Crippen LogP contribution < -0.4 is 10.5 Å². The van der Waals surface area contributed by atoms with Crippen LogP contribution in [0.3, 0.4) is 0 Å². The van der Waals surface area contributed by atoms with Gasteiger partial charge in [-0.15, -0.1) is 0 Å². The second kappa shape index (κ2) is 9.71. The number of nitrogens with zero attached hydrogens (tertiary/aromatic N) is 3. The summed E-state index contributed by atoms with van der Waals surface area (Å²) in [5.74, 6) is 1.13. The molecule has 2 aliphatic heterocycles. The summed E-state index contributed by atoms with van der Waals surface area (Å²) in [6.45, 7) is 6.13. The lowest BCUT2D eigenvalue weighted by atomic mass is 10.1. The number of piperazine rings is 1. The fraction of sp³-hybridized carbons (Fsp3) is 0.600. The van der Waals surface area contributed by atoms with Crippen molar-refractivity contribution in [1.29, 1.82) is 0 Å². The Morgan fingerprint density at radius 2 is 1.52 bits per heavy atom. The van der Waals surface area contributed by atoms with Crippen LogP contribution in [0.2, 0.25) is 0 Å². The molecule has 0 saturated carbocycles. The smallest absolute Gasteiger partial charge is 0.236 e. The fourth-order valence-electron chi connectivity index (χ4n) is 3.58. The number of amides is 2. The van der Waals surface area contributed by atoms with Crippen molar-refractivity contribution in [3.05, 3.63) is 29.8 Å². The Kier molecular flexibility index (Phi) is 7.06. The lowest BCUT2D eigenvalue weighted by molar-refractivity contribution is -0.134. The summed E-state index contributed by atoms with van der Waals surface area (Å²) < 4.78 is 5.45. The highest BCUT2D eigenvalue weighted by molar-refractivity contribution is 5.79. The van der Waals surface area contributed by atoms with Crippen molar-refractivity contribution in [2.24, 2.45) is 5.73 Å². The highest BCUT2D eigenvalue weighted by Gasteiger charge is 2.25. The van der Waals surface area contributed by atoms with Gasteiger partial charge in [-0.2, -0.15) is 0 Å². The Hall–Kier alpha value is -2.12. The van der Waals surface area contributed by atoms with Crippen molar-refractivity contribution >= 4 is 11.8 Å². The monoisotopic (exact) mass is 374 g/mol. The van der Waals surface area contributed by atoms with Crippen molar-refractivity contribution in [2.45, 2.75) is 19.3 Å². The molecule has 2 saturated heterocycles. The van der Waals surface area contributed by atoms with Crippen LogP contribution >= 0.6 is 0 Å². The van der Waals surface area contributed by atoms with E-state index < -0.39 is 0 Å². The Balaban J connectivity index is 1.41. The minimum absolute atomic E-state index is 0.135. The highest BCUT2D eigenvalue weighted by Crippen LogP contribution is 2.14. The molecule has 148 valence electrons. The van der Waals surface area contributed by atoms with Gasteiger partial charge in [-0.3, -0.25) is 14.5 Å². The molecule has 7 nitrogen and oxygen atoms in total. The summed E-state index contributed by atoms with van der Waals surface area (Å²) in [6, 6.07) is 7.60. The summed E-state index contributed by atoms with van der Waals surface area (Å²) in [7, 11) is 0. The molecule has 3 rings (SSSR count). The van der Waals surface area contributed by atoms with E-state index >= 15 is 0 Å². The molecule has 27 heavy (non-hydrogen) atoms. The van der Waals surface area contributed by atoms with E-state index in [9.17, 15) is 9.59 Å². The van der Waals surface area contributed by atoms with Crippen LogP contribution in [-0.2, 0) is 16.0 Å². The van der Waals surface area contributed by atoms with Gasteiger partial charge in [-0.1, -0.05) is 12.1 Å². The molecule has 0 radical (unpaired) electrons. The van der Waals surface area contributed by atoms with Crippen molar-refractivity contribution < 1.29 is 14.3 Å². The maximum atomic E-state index is 12.5. The average molecular weight is 374 g/mol. The molecular formula is C20H30N4O3. The number of ether oxygens (including phenoxy) is 1. The fourth-order valence-corrected chi connectivity index (χ4v) is 3.58. The first-order valence-electron chi connectivity index (χ1n) is 9.85. The Morgan fingerprint density at radius 1 is 0.889 bits per heavy atom. The number of carbonyl (C=O) groups excluding carboxylic acids is 2. The first-order chi connectivity index (χ1) is 13.2. The third kappa shape index (κ3) is 5.68. The standard InChI is InChI=1S/C20H30N4O3/c21-7-14-27-18-5-3-17(4-6-18)15-19(25)24-12-10-22(11-13-24)16-20(26)23-8-1-2-9-23/h3-6H,1-2,7-16,21H2. The van der Waals surface area contributed by atoms with Crippen LogP contribution in [0.25, 0.3) is 0 Å². The van der Waals surface area contributed by atoms with Crippen molar-refractivity contribution in [3.63, 3.8) is 0 Å². The molecule has 1 aromatic rings. The molecule has 1 aromatic carbocycles. The minimum Gasteiger partial charge on any atom is -0.492 e. The van der Waals surface area contributed by atoms with Gasteiger partial charge < -0.3 is 20.3 Å². The molecule has 0 unspecified atom stereocenters. The van der Waals surface area contributed by atoms with Crippen molar-refractivity contribution in [1.82, 2.24) is 14.7 Å². The van der Waals surface area contributed by atoms with Crippen LogP contribution in [0.5, 0.6) is 5.75 Å². The molecule has 7 heteroatoms. The van der Waals surface area contributed by atoms with Gasteiger partial charge in [-0.25, -0.2) is 0 Å². The number of nitrogens with two attached hydrogens (primary N) is 1. The molecule has 2 N–H and O–H groups in total. The van der Waals surface area contributed by atoms with E-state index in [0.29, 0.717) is 39.2 Å². The maximum Gasteiger partial charge on any atom is 0.236 e. The first-order valence-corrected chi connectivity index (χ1v) is 9.85. The number of rotatable bonds is 7. The predicted octanol–water partition coefficient (Wildman–Crippen LogP) is 0.333. The first kappa shape index (κ1) is 19.6. The van der Waals surface area contributed by atoms with Crippen molar-refractivity contribution in [3.8, 4) is 5.75 Å². The molecule has 0 bridgehead atoms. The minimum atomic E-state index is 0.135. The zero-order valence-electron chi connectivity index (χ0n) is 15.9. The second-order valence-electron chi connectivity index (χ2n) is 7.20. The van der Waals surface area contributed by atoms with Gasteiger partial charge in [0.25, 0.3) is 0 Å². The topological polar surface area (TPSA) is 79.1 Å². The molecular weight excluding hydrogens is 344 g/mol. The number of carbonyl (C=O) groups is 2. The average Bonchev–Trinajstić information content (AvgIpc) is 3.23. The summed E-state index contributed by atoms with van der Waals surface area (Å²) >= 11 is 0. The van der Waals surface area contributed by atoms with Crippen LogP contribution in [0.1, 0.15) is 18.4 Å². The van der Waals surface area contributed by atoms with Gasteiger partial charge in [0.2, 0.25) is 11.8 Å². The van der Waals surface area contributed by atoms with Crippen LogP contribution in [0, 0.1) is 0 Å². The lowest BCUT2D eigenvalue weighted by Crippen LogP contribution is -2.51. The number of benzene rings is 1. The molecule has 2 aliphatic rings. The second-order valence-corrected chi connectivity index (χ2v) is 7.20. The molecule has 0 atom stereocenters. The highest BCUT2D eigenvalue weighted by atomic mass is 16.5. The summed E-state index contributed by atoms with van der Waals surface area (Å²) in [4.78, 5) is 30.8. The van der Waals surface area contributed by atoms with Gasteiger partial charge in [0.05, 0.1) is 13.0 Å². The molecule has 0 aromatic heterocycles. The molecule has 2 fully saturated rings. The van der Waals surface area contributed by atoms with Gasteiger partial charge in [0.1, 0.15) is 12.4 Å². The van der Waals surface area contributed by atoms with E-state index in [2.05, 4.69) is 4.90 Å². The Labute approximate surface area is 161 Å². The van der Waals surface area contributed by atoms with E-state index in [0.717, 1.165) is 50.3 Å². The zero-order chi connectivity index (χ0) is 19.1. The SMILES string of the molecule is NCCOc1ccc(CC(=O)N2CCN(CC(=O)N3CCCC3)CC2)cc1. The third-order valence-electron chi connectivity index (χ3n) is 5.21. The number of hydrogen-bond acceptors (Lipinski definition) is 5. The van der Waals surface area contributed by atoms with E-state index in [1.807, 2.05) is 34.1 Å². The summed E-state index contributed by atoms with van der Waals surface area (Å²) in [5.41, 5.74) is 6.40. The molecule has 2 amide bonds. The van der Waals surface area contributed by atoms with Crippen LogP contribution in [-0.4, -0.2) is 85.5 Å². The Bertz CT molecular complexity index is 621. The van der Waals surface area contributed by atoms with Crippen molar-refractivity contribution in [2.75, 3.05) is 59.0 Å². The Morgan fingerprint density at radius 3 is 2.15 bits per heavy atom. The lowest BCUT2D eigenvalue weighted by Gasteiger charge is -2.35. The molecule has 0 spiro atoms. The van der Waals surface area contributed by atoms with Gasteiger partial charge >= 0.3 is 0 Å². The van der Waals surface area contributed by atoms with E-state index in [-0.39, 0.29) is 11.8 Å². The zero-order valence-corrected chi connectivity index (χ0v) is 15.9. The summed E-state index contributed by atoms with van der Waals surface area (Å²) in [6.07, 6.45) is 2.63. The van der Waals surface area contributed by atoms with Crippen LogP contribution in [0.4, 0.5) is 0 Å². The summed E-state index contributed by atoms with van der Waals surface area (Å²) in [5, 5.41) is 0. The van der Waals surface area contributed by atoms with Crippen LogP contribution in [0.15, 0.2) is 24.3 Å². The van der Waals surface area contributed by atoms with E-state index in [1.165, 1.54) is 0 Å². The van der Waals surface area contributed by atoms with Gasteiger partial charge in [0.15, 0.2) is 0 Å². The van der Waals surface area contributed by atoms with E-state index in [4.69, 9.17) is 10.5 Å². The predicted molar refractivity (Wildman–Crippen MR) is 104 cm³/mol. The maximum absolute atomic E-state index is 12.5. The van der Waals surface area contributed by atoms with Gasteiger partial charge in [0, 0.05) is 45.8 Å². The van der Waals surface area contributed by atoms with Gasteiger partial charge in [-0.05, 0) is 30.5 Å². The number of likely N-dealkylation sites (tertiary alicyclic amines) is 1. The third-order valence-corrected chi connectivity index (χ3v) is 5.21. The van der Waals surface area contributed by atoms with E-state index in [1.54, 1.807) is 0 Å². The normalized spacial score (nSPS) is 18.0. The quantitative estimate of drug-likeness (QED) is 0.744.